The van der Waals surface area contributed by atoms with Crippen molar-refractivity contribution in [3.05, 3.63) is 47.5 Å². The van der Waals surface area contributed by atoms with Gasteiger partial charge in [0.25, 0.3) is 0 Å². The van der Waals surface area contributed by atoms with E-state index in [0.717, 1.165) is 16.8 Å². The fourth-order valence-corrected chi connectivity index (χ4v) is 3.42. The molecule has 1 heterocycles. The Kier molecular flexibility index (Phi) is 5.35. The van der Waals surface area contributed by atoms with Crippen LogP contribution >= 0.6 is 0 Å². The lowest BCUT2D eigenvalue weighted by atomic mass is 10.1. The van der Waals surface area contributed by atoms with Crippen molar-refractivity contribution in [1.29, 1.82) is 0 Å². The zero-order valence-corrected chi connectivity index (χ0v) is 16.0. The number of nitrogens with zero attached hydrogens (tertiary/aromatic N) is 1. The van der Waals surface area contributed by atoms with Crippen LogP contribution in [-0.4, -0.2) is 32.6 Å². The Hall–Kier alpha value is -3.02. The molecule has 0 aliphatic carbocycles. The summed E-state index contributed by atoms with van der Waals surface area (Å²) in [6.45, 7) is 4.29. The highest BCUT2D eigenvalue weighted by Crippen LogP contribution is 2.36. The van der Waals surface area contributed by atoms with Crippen LogP contribution < -0.4 is 19.7 Å². The fourth-order valence-electron chi connectivity index (χ4n) is 3.42. The van der Waals surface area contributed by atoms with Crippen LogP contribution in [0, 0.1) is 19.8 Å². The van der Waals surface area contributed by atoms with E-state index < -0.39 is 5.92 Å². The third kappa shape index (κ3) is 4.05. The van der Waals surface area contributed by atoms with Gasteiger partial charge in [0.05, 0.1) is 25.8 Å². The summed E-state index contributed by atoms with van der Waals surface area (Å²) in [5.74, 6) is 0.525. The Balaban J connectivity index is 1.76. The molecule has 6 nitrogen and oxygen atoms in total. The Bertz CT molecular complexity index is 858. The third-order valence-corrected chi connectivity index (χ3v) is 4.66. The summed E-state index contributed by atoms with van der Waals surface area (Å²) in [5, 5.41) is 2.94. The number of aryl methyl sites for hydroxylation is 2. The first kappa shape index (κ1) is 18.8. The van der Waals surface area contributed by atoms with Crippen molar-refractivity contribution < 1.29 is 19.1 Å². The molecule has 1 aliphatic heterocycles. The molecule has 2 aromatic carbocycles. The van der Waals surface area contributed by atoms with E-state index in [4.69, 9.17) is 9.47 Å². The first-order valence-electron chi connectivity index (χ1n) is 8.83. The van der Waals surface area contributed by atoms with Gasteiger partial charge in [-0.15, -0.1) is 0 Å². The van der Waals surface area contributed by atoms with E-state index in [-0.39, 0.29) is 18.2 Å². The maximum absolute atomic E-state index is 12.7. The summed E-state index contributed by atoms with van der Waals surface area (Å²) in [5.41, 5.74) is 3.56. The standard InChI is InChI=1S/C21H24N2O4/c1-13-7-14(2)9-16(8-13)22-21(25)15-10-20(24)23(12-15)18-6-5-17(26-3)11-19(18)27-4/h5-9,11,15H,10,12H2,1-4H3,(H,22,25)/t15-/m1/s1. The van der Waals surface area contributed by atoms with E-state index in [0.29, 0.717) is 23.7 Å². The molecule has 0 bridgehead atoms. The van der Waals surface area contributed by atoms with Crippen LogP contribution in [0.1, 0.15) is 17.5 Å². The first-order chi connectivity index (χ1) is 12.9. The molecular weight excluding hydrogens is 344 g/mol. The van der Waals surface area contributed by atoms with Crippen molar-refractivity contribution in [1.82, 2.24) is 0 Å². The van der Waals surface area contributed by atoms with E-state index in [1.165, 1.54) is 0 Å². The zero-order chi connectivity index (χ0) is 19.6. The van der Waals surface area contributed by atoms with Crippen LogP contribution in [0.4, 0.5) is 11.4 Å². The highest BCUT2D eigenvalue weighted by molar-refractivity contribution is 6.04. The summed E-state index contributed by atoms with van der Waals surface area (Å²) in [7, 11) is 3.12. The van der Waals surface area contributed by atoms with Gasteiger partial charge < -0.3 is 19.7 Å². The second-order valence-corrected chi connectivity index (χ2v) is 6.81. The number of rotatable bonds is 5. The van der Waals surface area contributed by atoms with Crippen LogP contribution in [-0.2, 0) is 9.59 Å². The number of ether oxygens (including phenoxy) is 2. The SMILES string of the molecule is COc1ccc(N2C[C@H](C(=O)Nc3cc(C)cc(C)c3)CC2=O)c(OC)c1. The molecule has 1 N–H and O–H groups in total. The number of methoxy groups -OCH3 is 2. The zero-order valence-electron chi connectivity index (χ0n) is 16.0. The lowest BCUT2D eigenvalue weighted by Crippen LogP contribution is -2.28. The number of carbonyl (C=O) groups excluding carboxylic acids is 2. The van der Waals surface area contributed by atoms with Gasteiger partial charge in [-0.1, -0.05) is 6.07 Å². The van der Waals surface area contributed by atoms with E-state index in [2.05, 4.69) is 5.32 Å². The van der Waals surface area contributed by atoms with Gasteiger partial charge in [0.1, 0.15) is 11.5 Å². The third-order valence-electron chi connectivity index (χ3n) is 4.66. The Morgan fingerprint density at radius 3 is 2.41 bits per heavy atom. The highest BCUT2D eigenvalue weighted by Gasteiger charge is 2.36. The quantitative estimate of drug-likeness (QED) is 0.879. The minimum Gasteiger partial charge on any atom is -0.497 e. The van der Waals surface area contributed by atoms with Gasteiger partial charge in [0.2, 0.25) is 11.8 Å². The van der Waals surface area contributed by atoms with Crippen LogP contribution in [0.25, 0.3) is 0 Å². The second-order valence-electron chi connectivity index (χ2n) is 6.81. The average molecular weight is 368 g/mol. The molecule has 2 amide bonds. The summed E-state index contributed by atoms with van der Waals surface area (Å²) in [6.07, 6.45) is 0.172. The van der Waals surface area contributed by atoms with Crippen LogP contribution in [0.15, 0.2) is 36.4 Å². The molecule has 1 aliphatic rings. The number of benzene rings is 2. The maximum Gasteiger partial charge on any atom is 0.229 e. The molecule has 142 valence electrons. The lowest BCUT2D eigenvalue weighted by Gasteiger charge is -2.20. The van der Waals surface area contributed by atoms with Crippen LogP contribution in [0.2, 0.25) is 0 Å². The van der Waals surface area contributed by atoms with Crippen LogP contribution in [0.5, 0.6) is 11.5 Å². The Morgan fingerprint density at radius 2 is 1.78 bits per heavy atom. The first-order valence-corrected chi connectivity index (χ1v) is 8.83. The molecule has 0 spiro atoms. The molecule has 2 aromatic rings. The molecule has 0 radical (unpaired) electrons. The van der Waals surface area contributed by atoms with Crippen molar-refractivity contribution in [2.45, 2.75) is 20.3 Å². The van der Waals surface area contributed by atoms with Gasteiger partial charge in [0.15, 0.2) is 0 Å². The fraction of sp³-hybridized carbons (Fsp3) is 0.333. The molecule has 0 saturated carbocycles. The van der Waals surface area contributed by atoms with Gasteiger partial charge in [0, 0.05) is 24.7 Å². The van der Waals surface area contributed by atoms with Crippen molar-refractivity contribution in [2.75, 3.05) is 31.0 Å². The van der Waals surface area contributed by atoms with Gasteiger partial charge in [-0.2, -0.15) is 0 Å². The molecular formula is C21H24N2O4. The average Bonchev–Trinajstić information content (AvgIpc) is 3.02. The summed E-state index contributed by atoms with van der Waals surface area (Å²) in [4.78, 5) is 26.8. The normalized spacial score (nSPS) is 16.4. The highest BCUT2D eigenvalue weighted by atomic mass is 16.5. The molecule has 1 saturated heterocycles. The van der Waals surface area contributed by atoms with E-state index >= 15 is 0 Å². The molecule has 27 heavy (non-hydrogen) atoms. The number of hydrogen-bond donors (Lipinski definition) is 1. The number of hydrogen-bond acceptors (Lipinski definition) is 4. The number of carbonyl (C=O) groups is 2. The number of anilines is 2. The summed E-state index contributed by atoms with van der Waals surface area (Å²) >= 11 is 0. The molecule has 0 unspecified atom stereocenters. The van der Waals surface area contributed by atoms with Gasteiger partial charge in [-0.05, 0) is 49.2 Å². The lowest BCUT2D eigenvalue weighted by molar-refractivity contribution is -0.122. The Labute approximate surface area is 159 Å². The topological polar surface area (TPSA) is 67.9 Å². The monoisotopic (exact) mass is 368 g/mol. The van der Waals surface area contributed by atoms with Crippen molar-refractivity contribution in [2.24, 2.45) is 5.92 Å². The predicted octanol–water partition coefficient (Wildman–Crippen LogP) is 3.31. The maximum atomic E-state index is 12.7. The molecule has 6 heteroatoms. The smallest absolute Gasteiger partial charge is 0.229 e. The van der Waals surface area contributed by atoms with Gasteiger partial charge in [-0.3, -0.25) is 9.59 Å². The van der Waals surface area contributed by atoms with E-state index in [1.54, 1.807) is 37.3 Å². The van der Waals surface area contributed by atoms with E-state index in [1.807, 2.05) is 32.0 Å². The van der Waals surface area contributed by atoms with Gasteiger partial charge in [-0.25, -0.2) is 0 Å². The Morgan fingerprint density at radius 1 is 1.07 bits per heavy atom. The van der Waals surface area contributed by atoms with Crippen LogP contribution in [0.3, 0.4) is 0 Å². The van der Waals surface area contributed by atoms with E-state index in [9.17, 15) is 9.59 Å². The molecule has 0 aromatic heterocycles. The number of amides is 2. The van der Waals surface area contributed by atoms with Gasteiger partial charge >= 0.3 is 0 Å². The molecule has 3 rings (SSSR count). The predicted molar refractivity (Wildman–Crippen MR) is 105 cm³/mol. The summed E-state index contributed by atoms with van der Waals surface area (Å²) in [6, 6.07) is 11.2. The van der Waals surface area contributed by atoms with Crippen molar-refractivity contribution in [3.8, 4) is 11.5 Å². The minimum absolute atomic E-state index is 0.0981. The number of nitrogens with one attached hydrogen (secondary N) is 1. The van der Waals surface area contributed by atoms with Crippen molar-refractivity contribution in [3.63, 3.8) is 0 Å². The molecule has 1 fully saturated rings. The minimum atomic E-state index is -0.412. The summed E-state index contributed by atoms with van der Waals surface area (Å²) < 4.78 is 10.6. The largest absolute Gasteiger partial charge is 0.497 e. The van der Waals surface area contributed by atoms with Crippen molar-refractivity contribution >= 4 is 23.2 Å². The second kappa shape index (κ2) is 7.70. The molecule has 1 atom stereocenters.